The topological polar surface area (TPSA) is 41.6 Å². The maximum Gasteiger partial charge on any atom is 0.573 e. The number of nitrogens with one attached hydrogen (secondary N) is 1. The summed E-state index contributed by atoms with van der Waals surface area (Å²) in [6.07, 6.45) is -2.02. The fourth-order valence-electron chi connectivity index (χ4n) is 3.51. The van der Waals surface area contributed by atoms with Crippen molar-refractivity contribution in [1.82, 2.24) is 10.2 Å². The van der Waals surface area contributed by atoms with Gasteiger partial charge in [-0.05, 0) is 43.5 Å². The van der Waals surface area contributed by atoms with E-state index in [0.717, 1.165) is 37.9 Å². The first-order chi connectivity index (χ1) is 10.9. The molecular weight excluding hydrogens is 309 g/mol. The number of rotatable bonds is 3. The van der Waals surface area contributed by atoms with E-state index in [1.165, 1.54) is 12.1 Å². The molecule has 1 amide bonds. The summed E-state index contributed by atoms with van der Waals surface area (Å²) in [4.78, 5) is 14.3. The maximum absolute atomic E-state index is 12.3. The molecule has 0 aromatic heterocycles. The summed E-state index contributed by atoms with van der Waals surface area (Å²) in [5, 5.41) is 2.92. The fraction of sp³-hybridized carbons (Fsp3) is 0.562. The van der Waals surface area contributed by atoms with Gasteiger partial charge in [-0.3, -0.25) is 9.69 Å². The normalized spacial score (nSPS) is 25.6. The quantitative estimate of drug-likeness (QED) is 0.928. The zero-order chi connectivity index (χ0) is 16.5. The van der Waals surface area contributed by atoms with Crippen molar-refractivity contribution < 1.29 is 22.7 Å². The third-order valence-corrected chi connectivity index (χ3v) is 4.57. The number of carbonyl (C=O) groups excluding carboxylic acids is 1. The molecular formula is C16H19F3N2O2. The minimum atomic E-state index is -4.68. The lowest BCUT2D eigenvalue weighted by molar-refractivity contribution is -0.274. The van der Waals surface area contributed by atoms with Crippen molar-refractivity contribution in [3.63, 3.8) is 0 Å². The van der Waals surface area contributed by atoms with Gasteiger partial charge < -0.3 is 10.1 Å². The molecule has 1 N–H and O–H groups in total. The van der Waals surface area contributed by atoms with Crippen LogP contribution in [-0.2, 0) is 11.3 Å². The van der Waals surface area contributed by atoms with Crippen LogP contribution in [0.4, 0.5) is 13.2 Å². The van der Waals surface area contributed by atoms with Crippen LogP contribution in [-0.4, -0.2) is 36.8 Å². The van der Waals surface area contributed by atoms with Crippen molar-refractivity contribution in [3.05, 3.63) is 29.8 Å². The van der Waals surface area contributed by atoms with E-state index in [9.17, 15) is 18.0 Å². The van der Waals surface area contributed by atoms with Crippen LogP contribution in [0.25, 0.3) is 0 Å². The van der Waals surface area contributed by atoms with E-state index in [0.29, 0.717) is 13.1 Å². The van der Waals surface area contributed by atoms with Gasteiger partial charge in [-0.1, -0.05) is 12.1 Å². The average Bonchev–Trinajstić information content (AvgIpc) is 2.85. The molecule has 1 spiro atoms. The summed E-state index contributed by atoms with van der Waals surface area (Å²) in [6.45, 7) is 2.68. The Hall–Kier alpha value is -1.76. The van der Waals surface area contributed by atoms with Crippen molar-refractivity contribution in [2.45, 2.75) is 32.2 Å². The highest BCUT2D eigenvalue weighted by molar-refractivity contribution is 5.83. The predicted octanol–water partition coefficient (Wildman–Crippen LogP) is 2.69. The number of ether oxygens (including phenoxy) is 1. The zero-order valence-electron chi connectivity index (χ0n) is 12.7. The standard InChI is InChI=1S/C16H19F3N2O2/c17-16(18,19)23-13-4-1-3-12(9-13)10-21-8-6-15(11-21)5-2-7-20-14(15)22/h1,3-4,9H,2,5-8,10-11H2,(H,20,22). The lowest BCUT2D eigenvalue weighted by Crippen LogP contribution is -2.47. The Balaban J connectivity index is 1.64. The first-order valence-electron chi connectivity index (χ1n) is 7.72. The lowest BCUT2D eigenvalue weighted by Gasteiger charge is -2.32. The number of piperidine rings is 1. The lowest BCUT2D eigenvalue weighted by atomic mass is 9.79. The first-order valence-corrected chi connectivity index (χ1v) is 7.72. The Morgan fingerprint density at radius 3 is 2.87 bits per heavy atom. The molecule has 1 unspecified atom stereocenters. The molecule has 2 saturated heterocycles. The molecule has 0 aliphatic carbocycles. The number of halogens is 3. The van der Waals surface area contributed by atoms with Gasteiger partial charge in [0.1, 0.15) is 5.75 Å². The molecule has 2 aliphatic rings. The molecule has 0 saturated carbocycles. The van der Waals surface area contributed by atoms with E-state index < -0.39 is 6.36 Å². The Bertz CT molecular complexity index is 591. The number of benzene rings is 1. The number of amides is 1. The summed E-state index contributed by atoms with van der Waals surface area (Å²) < 4.78 is 40.8. The van der Waals surface area contributed by atoms with Gasteiger partial charge in [0, 0.05) is 19.6 Å². The van der Waals surface area contributed by atoms with E-state index >= 15 is 0 Å². The van der Waals surface area contributed by atoms with E-state index in [4.69, 9.17) is 0 Å². The van der Waals surface area contributed by atoms with Gasteiger partial charge in [-0.15, -0.1) is 13.2 Å². The highest BCUT2D eigenvalue weighted by atomic mass is 19.4. The SMILES string of the molecule is O=C1NCCCC12CCN(Cc1cccc(OC(F)(F)F)c1)C2. The molecule has 0 bridgehead atoms. The van der Waals surface area contributed by atoms with Gasteiger partial charge >= 0.3 is 6.36 Å². The van der Waals surface area contributed by atoms with Gasteiger partial charge in [0.25, 0.3) is 0 Å². The van der Waals surface area contributed by atoms with E-state index in [1.807, 2.05) is 0 Å². The number of nitrogens with zero attached hydrogens (tertiary/aromatic N) is 1. The Morgan fingerprint density at radius 1 is 1.30 bits per heavy atom. The van der Waals surface area contributed by atoms with Crippen LogP contribution in [0.2, 0.25) is 0 Å². The summed E-state index contributed by atoms with van der Waals surface area (Å²) in [7, 11) is 0. The maximum atomic E-state index is 12.3. The average molecular weight is 328 g/mol. The van der Waals surface area contributed by atoms with E-state index in [2.05, 4.69) is 15.0 Å². The monoisotopic (exact) mass is 328 g/mol. The summed E-state index contributed by atoms with van der Waals surface area (Å²) in [5.74, 6) is -0.0975. The van der Waals surface area contributed by atoms with Crippen LogP contribution in [0.15, 0.2) is 24.3 Å². The number of carbonyl (C=O) groups is 1. The molecule has 1 aromatic rings. The van der Waals surface area contributed by atoms with Crippen LogP contribution in [0.3, 0.4) is 0 Å². The minimum Gasteiger partial charge on any atom is -0.406 e. The molecule has 1 aromatic carbocycles. The molecule has 2 heterocycles. The van der Waals surface area contributed by atoms with E-state index in [-0.39, 0.29) is 17.1 Å². The summed E-state index contributed by atoms with van der Waals surface area (Å²) in [6, 6.07) is 6.02. The molecule has 3 rings (SSSR count). The predicted molar refractivity (Wildman–Crippen MR) is 77.7 cm³/mol. The van der Waals surface area contributed by atoms with Gasteiger partial charge in [0.05, 0.1) is 5.41 Å². The second-order valence-electron chi connectivity index (χ2n) is 6.30. The second kappa shape index (κ2) is 6.03. The van der Waals surface area contributed by atoms with Gasteiger partial charge in [-0.2, -0.15) is 0 Å². The van der Waals surface area contributed by atoms with Crippen molar-refractivity contribution >= 4 is 5.91 Å². The number of hydrogen-bond acceptors (Lipinski definition) is 3. The van der Waals surface area contributed by atoms with Crippen molar-refractivity contribution in [3.8, 4) is 5.75 Å². The Labute approximate surface area is 132 Å². The van der Waals surface area contributed by atoms with Crippen LogP contribution in [0.1, 0.15) is 24.8 Å². The summed E-state index contributed by atoms with van der Waals surface area (Å²) >= 11 is 0. The number of likely N-dealkylation sites (tertiary alicyclic amines) is 1. The van der Waals surface area contributed by atoms with Crippen LogP contribution in [0.5, 0.6) is 5.75 Å². The van der Waals surface area contributed by atoms with Crippen molar-refractivity contribution in [2.24, 2.45) is 5.41 Å². The largest absolute Gasteiger partial charge is 0.573 e. The Morgan fingerprint density at radius 2 is 2.13 bits per heavy atom. The second-order valence-corrected chi connectivity index (χ2v) is 6.30. The fourth-order valence-corrected chi connectivity index (χ4v) is 3.51. The van der Waals surface area contributed by atoms with Crippen molar-refractivity contribution in [1.29, 1.82) is 0 Å². The first kappa shape index (κ1) is 16.1. The van der Waals surface area contributed by atoms with Gasteiger partial charge in [-0.25, -0.2) is 0 Å². The van der Waals surface area contributed by atoms with Gasteiger partial charge in [0.15, 0.2) is 0 Å². The number of alkyl halides is 3. The smallest absolute Gasteiger partial charge is 0.406 e. The van der Waals surface area contributed by atoms with E-state index in [1.54, 1.807) is 12.1 Å². The number of hydrogen-bond donors (Lipinski definition) is 1. The zero-order valence-corrected chi connectivity index (χ0v) is 12.7. The molecule has 0 radical (unpaired) electrons. The Kier molecular flexibility index (Phi) is 4.23. The molecule has 1 atom stereocenters. The minimum absolute atomic E-state index is 0.111. The molecule has 2 fully saturated rings. The van der Waals surface area contributed by atoms with Gasteiger partial charge in [0.2, 0.25) is 5.91 Å². The highest BCUT2D eigenvalue weighted by Crippen LogP contribution is 2.38. The third kappa shape index (κ3) is 3.77. The molecule has 126 valence electrons. The molecule has 4 nitrogen and oxygen atoms in total. The highest BCUT2D eigenvalue weighted by Gasteiger charge is 2.45. The third-order valence-electron chi connectivity index (χ3n) is 4.57. The van der Waals surface area contributed by atoms with Crippen molar-refractivity contribution in [2.75, 3.05) is 19.6 Å². The molecule has 2 aliphatic heterocycles. The van der Waals surface area contributed by atoms with Crippen LogP contribution >= 0.6 is 0 Å². The van der Waals surface area contributed by atoms with Crippen LogP contribution < -0.4 is 10.1 Å². The summed E-state index contributed by atoms with van der Waals surface area (Å²) in [5.41, 5.74) is 0.429. The molecule has 7 heteroatoms. The molecule has 23 heavy (non-hydrogen) atoms. The van der Waals surface area contributed by atoms with Crippen LogP contribution in [0, 0.1) is 5.41 Å².